The molecule has 0 aliphatic heterocycles. The molecule has 1 aromatic carbocycles. The second-order valence-corrected chi connectivity index (χ2v) is 8.01. The molecule has 162 valence electrons. The van der Waals surface area contributed by atoms with Crippen molar-refractivity contribution in [3.05, 3.63) is 61.9 Å². The fourth-order valence-corrected chi connectivity index (χ4v) is 3.70. The van der Waals surface area contributed by atoms with Crippen LogP contribution >= 0.6 is 34.5 Å². The van der Waals surface area contributed by atoms with Crippen molar-refractivity contribution in [2.24, 2.45) is 0 Å². The third kappa shape index (κ3) is 5.49. The van der Waals surface area contributed by atoms with Gasteiger partial charge in [-0.15, -0.1) is 11.3 Å². The first-order valence-corrected chi connectivity index (χ1v) is 10.1. The lowest BCUT2D eigenvalue weighted by Crippen LogP contribution is -2.12. The topological polar surface area (TPSA) is 111 Å². The van der Waals surface area contributed by atoms with E-state index in [2.05, 4.69) is 20.3 Å². The number of halogens is 5. The SMILES string of the molecule is Nc1ncnc(C(=O)CCc2ncc(C(=O)Nc3ccc(Cl)c(C(F)(F)F)c3)s2)c1Cl. The molecular weight excluding hydrogens is 478 g/mol. The normalized spacial score (nSPS) is 11.4. The van der Waals surface area contributed by atoms with Crippen molar-refractivity contribution >= 4 is 57.7 Å². The van der Waals surface area contributed by atoms with Crippen molar-refractivity contribution in [3.8, 4) is 0 Å². The first kappa shape index (κ1) is 22.9. The molecule has 0 aliphatic carbocycles. The van der Waals surface area contributed by atoms with Crippen LogP contribution in [0.25, 0.3) is 0 Å². The van der Waals surface area contributed by atoms with E-state index in [0.29, 0.717) is 5.01 Å². The number of hydrogen-bond donors (Lipinski definition) is 2. The predicted octanol–water partition coefficient (Wildman–Crippen LogP) is 4.91. The summed E-state index contributed by atoms with van der Waals surface area (Å²) in [4.78, 5) is 36.4. The Bertz CT molecular complexity index is 1150. The molecule has 0 saturated heterocycles. The Morgan fingerprint density at radius 3 is 2.61 bits per heavy atom. The summed E-state index contributed by atoms with van der Waals surface area (Å²) in [6.45, 7) is 0. The maximum atomic E-state index is 13.0. The van der Waals surface area contributed by atoms with E-state index < -0.39 is 22.7 Å². The van der Waals surface area contributed by atoms with Gasteiger partial charge >= 0.3 is 6.18 Å². The fraction of sp³-hybridized carbons (Fsp3) is 0.167. The second kappa shape index (κ2) is 9.16. The molecule has 3 rings (SSSR count). The van der Waals surface area contributed by atoms with Crippen molar-refractivity contribution < 1.29 is 22.8 Å². The van der Waals surface area contributed by atoms with Crippen molar-refractivity contribution in [2.75, 3.05) is 11.1 Å². The van der Waals surface area contributed by atoms with E-state index in [9.17, 15) is 22.8 Å². The van der Waals surface area contributed by atoms with E-state index in [1.54, 1.807) is 0 Å². The highest BCUT2D eigenvalue weighted by Gasteiger charge is 2.33. The molecule has 2 heterocycles. The number of Topliss-reactive ketones (excluding diaryl/α,β-unsaturated/α-hetero) is 1. The van der Waals surface area contributed by atoms with Gasteiger partial charge in [-0.2, -0.15) is 13.2 Å². The highest BCUT2D eigenvalue weighted by Crippen LogP contribution is 2.36. The lowest BCUT2D eigenvalue weighted by Gasteiger charge is -2.11. The molecule has 3 aromatic rings. The molecule has 13 heteroatoms. The van der Waals surface area contributed by atoms with Gasteiger partial charge in [-0.3, -0.25) is 9.59 Å². The average Bonchev–Trinajstić information content (AvgIpc) is 3.18. The van der Waals surface area contributed by atoms with Gasteiger partial charge in [0.05, 0.1) is 21.8 Å². The zero-order chi connectivity index (χ0) is 22.8. The van der Waals surface area contributed by atoms with Crippen LogP contribution in [-0.2, 0) is 12.6 Å². The van der Waals surface area contributed by atoms with E-state index in [-0.39, 0.29) is 45.7 Å². The summed E-state index contributed by atoms with van der Waals surface area (Å²) in [5.74, 6) is -1.03. The number of thiazole rings is 1. The summed E-state index contributed by atoms with van der Waals surface area (Å²) in [5, 5.41) is 2.34. The summed E-state index contributed by atoms with van der Waals surface area (Å²) < 4.78 is 38.9. The van der Waals surface area contributed by atoms with Crippen molar-refractivity contribution in [2.45, 2.75) is 19.0 Å². The molecule has 0 bridgehead atoms. The number of amides is 1. The zero-order valence-corrected chi connectivity index (χ0v) is 17.7. The molecule has 7 nitrogen and oxygen atoms in total. The van der Waals surface area contributed by atoms with Gasteiger partial charge in [-0.25, -0.2) is 15.0 Å². The molecule has 31 heavy (non-hydrogen) atoms. The summed E-state index contributed by atoms with van der Waals surface area (Å²) in [6, 6.07) is 3.06. The largest absolute Gasteiger partial charge is 0.417 e. The standard InChI is InChI=1S/C18H12Cl2F3N5O2S/c19-10-2-1-8(5-9(10)18(21,22)23)28-17(30)12-6-25-13(31-12)4-3-11(29)15-14(20)16(24)27-7-26-15/h1-2,5-7H,3-4H2,(H,28,30)(H2,24,26,27). The second-order valence-electron chi connectivity index (χ2n) is 6.11. The lowest BCUT2D eigenvalue weighted by atomic mass is 10.1. The van der Waals surface area contributed by atoms with Crippen molar-refractivity contribution in [1.82, 2.24) is 15.0 Å². The zero-order valence-electron chi connectivity index (χ0n) is 15.3. The van der Waals surface area contributed by atoms with Gasteiger partial charge in [-0.05, 0) is 18.2 Å². The first-order chi connectivity index (χ1) is 14.6. The average molecular weight is 490 g/mol. The van der Waals surface area contributed by atoms with Crippen LogP contribution < -0.4 is 11.1 Å². The summed E-state index contributed by atoms with van der Waals surface area (Å²) in [7, 11) is 0. The predicted molar refractivity (Wildman–Crippen MR) is 111 cm³/mol. The number of benzene rings is 1. The minimum atomic E-state index is -4.65. The number of nitrogens with two attached hydrogens (primary N) is 1. The highest BCUT2D eigenvalue weighted by atomic mass is 35.5. The molecule has 3 N–H and O–H groups in total. The molecule has 1 amide bonds. The number of nitrogen functional groups attached to an aromatic ring is 1. The van der Waals surface area contributed by atoms with E-state index >= 15 is 0 Å². The Labute approximate surface area is 187 Å². The van der Waals surface area contributed by atoms with Gasteiger partial charge in [0.15, 0.2) is 5.78 Å². The van der Waals surface area contributed by atoms with Gasteiger partial charge in [0.25, 0.3) is 5.91 Å². The summed E-state index contributed by atoms with van der Waals surface area (Å²) in [6.07, 6.45) is -2.04. The lowest BCUT2D eigenvalue weighted by molar-refractivity contribution is -0.137. The van der Waals surface area contributed by atoms with E-state index in [1.165, 1.54) is 12.3 Å². The summed E-state index contributed by atoms with van der Waals surface area (Å²) >= 11 is 12.5. The molecule has 0 spiro atoms. The minimum absolute atomic E-state index is 0.00750. The smallest absolute Gasteiger partial charge is 0.382 e. The van der Waals surface area contributed by atoms with Gasteiger partial charge in [0.1, 0.15) is 27.7 Å². The number of rotatable bonds is 6. The number of hydrogen-bond acceptors (Lipinski definition) is 7. The Hall–Kier alpha value is -2.76. The van der Waals surface area contributed by atoms with Crippen molar-refractivity contribution in [3.63, 3.8) is 0 Å². The molecule has 0 atom stereocenters. The number of carbonyl (C=O) groups is 2. The van der Waals surface area contributed by atoms with Crippen LogP contribution in [0, 0.1) is 0 Å². The van der Waals surface area contributed by atoms with E-state index in [4.69, 9.17) is 28.9 Å². The van der Waals surface area contributed by atoms with Gasteiger partial charge in [-0.1, -0.05) is 23.2 Å². The number of alkyl halides is 3. The number of aromatic nitrogens is 3. The number of anilines is 2. The first-order valence-electron chi connectivity index (χ1n) is 8.48. The fourth-order valence-electron chi connectivity index (χ4n) is 2.46. The number of nitrogens with one attached hydrogen (secondary N) is 1. The van der Waals surface area contributed by atoms with Gasteiger partial charge < -0.3 is 11.1 Å². The maximum absolute atomic E-state index is 13.0. The van der Waals surface area contributed by atoms with Crippen LogP contribution in [0.3, 0.4) is 0 Å². The molecule has 0 aliphatic rings. The third-order valence-corrected chi connectivity index (χ3v) is 5.71. The number of aryl methyl sites for hydroxylation is 1. The van der Waals surface area contributed by atoms with Crippen LogP contribution in [0.15, 0.2) is 30.7 Å². The van der Waals surface area contributed by atoms with Crippen LogP contribution in [0.2, 0.25) is 10.0 Å². The molecule has 0 unspecified atom stereocenters. The number of nitrogens with zero attached hydrogens (tertiary/aromatic N) is 3. The van der Waals surface area contributed by atoms with Crippen LogP contribution in [-0.4, -0.2) is 26.6 Å². The number of carbonyl (C=O) groups excluding carboxylic acids is 2. The van der Waals surface area contributed by atoms with Crippen LogP contribution in [0.1, 0.15) is 37.2 Å². The summed E-state index contributed by atoms with van der Waals surface area (Å²) in [5.41, 5.74) is 4.42. The number of ketones is 1. The van der Waals surface area contributed by atoms with E-state index in [1.807, 2.05) is 0 Å². The Balaban J connectivity index is 1.65. The van der Waals surface area contributed by atoms with Crippen LogP contribution in [0.5, 0.6) is 0 Å². The monoisotopic (exact) mass is 489 g/mol. The van der Waals surface area contributed by atoms with Crippen molar-refractivity contribution in [1.29, 1.82) is 0 Å². The van der Waals surface area contributed by atoms with Gasteiger partial charge in [0, 0.05) is 18.5 Å². The third-order valence-electron chi connectivity index (χ3n) is 3.95. The van der Waals surface area contributed by atoms with E-state index in [0.717, 1.165) is 29.8 Å². The van der Waals surface area contributed by atoms with Crippen LogP contribution in [0.4, 0.5) is 24.7 Å². The molecule has 0 fully saturated rings. The molecule has 0 saturated carbocycles. The Morgan fingerprint density at radius 2 is 1.90 bits per heavy atom. The highest BCUT2D eigenvalue weighted by molar-refractivity contribution is 7.13. The Morgan fingerprint density at radius 1 is 1.16 bits per heavy atom. The quantitative estimate of drug-likeness (QED) is 0.476. The molecule has 2 aromatic heterocycles. The van der Waals surface area contributed by atoms with Gasteiger partial charge in [0.2, 0.25) is 0 Å². The molecular formula is C18H12Cl2F3N5O2S. The molecule has 0 radical (unpaired) electrons. The Kier molecular flexibility index (Phi) is 6.77. The minimum Gasteiger partial charge on any atom is -0.382 e. The maximum Gasteiger partial charge on any atom is 0.417 e.